The Bertz CT molecular complexity index is 1310. The van der Waals surface area contributed by atoms with Crippen LogP contribution in [-0.2, 0) is 20.2 Å². The average molecular weight is 435 g/mol. The largest absolute Gasteiger partial charge is 0.344 e. The first kappa shape index (κ1) is 21.1. The fourth-order valence-electron chi connectivity index (χ4n) is 4.30. The van der Waals surface area contributed by atoms with Gasteiger partial charge in [-0.15, -0.1) is 0 Å². The molecule has 1 aliphatic heterocycles. The predicted molar refractivity (Wildman–Crippen MR) is 125 cm³/mol. The van der Waals surface area contributed by atoms with Gasteiger partial charge in [0.1, 0.15) is 0 Å². The number of amides is 1. The first-order valence-corrected chi connectivity index (χ1v) is 11.8. The van der Waals surface area contributed by atoms with Crippen molar-refractivity contribution in [1.29, 1.82) is 0 Å². The number of fused-ring (bicyclic) bond motifs is 3. The Morgan fingerprint density at radius 2 is 1.71 bits per heavy atom. The molecule has 1 N–H and O–H groups in total. The van der Waals surface area contributed by atoms with Gasteiger partial charge in [-0.1, -0.05) is 67.9 Å². The lowest BCUT2D eigenvalue weighted by Gasteiger charge is -2.26. The van der Waals surface area contributed by atoms with Gasteiger partial charge >= 0.3 is 0 Å². The molecule has 0 aliphatic carbocycles. The molecule has 4 rings (SSSR count). The van der Waals surface area contributed by atoms with Crippen LogP contribution in [0.5, 0.6) is 0 Å². The van der Waals surface area contributed by atoms with Crippen molar-refractivity contribution >= 4 is 32.4 Å². The molecule has 0 saturated carbocycles. The summed E-state index contributed by atoms with van der Waals surface area (Å²) in [5, 5.41) is 2.24. The third kappa shape index (κ3) is 3.61. The summed E-state index contributed by atoms with van der Waals surface area (Å²) in [7, 11) is -3.94. The summed E-state index contributed by atoms with van der Waals surface area (Å²) >= 11 is 0. The number of benzene rings is 3. The normalized spacial score (nSPS) is 16.5. The van der Waals surface area contributed by atoms with Gasteiger partial charge in [-0.2, -0.15) is 0 Å². The van der Waals surface area contributed by atoms with Gasteiger partial charge in [-0.25, -0.2) is 13.1 Å². The van der Waals surface area contributed by atoms with E-state index >= 15 is 0 Å². The second-order valence-electron chi connectivity index (χ2n) is 8.36. The van der Waals surface area contributed by atoms with E-state index in [2.05, 4.69) is 47.7 Å². The summed E-state index contributed by atoms with van der Waals surface area (Å²) < 4.78 is 27.5. The molecule has 3 aromatic carbocycles. The highest BCUT2D eigenvalue weighted by molar-refractivity contribution is 7.90. The van der Waals surface area contributed by atoms with Gasteiger partial charge in [-0.05, 0) is 36.9 Å². The fourth-order valence-corrected chi connectivity index (χ4v) is 5.23. The molecule has 0 spiro atoms. The van der Waals surface area contributed by atoms with Gasteiger partial charge in [0, 0.05) is 29.1 Å². The zero-order chi connectivity index (χ0) is 22.4. The molecule has 0 aromatic heterocycles. The summed E-state index contributed by atoms with van der Waals surface area (Å²) in [6.45, 7) is 8.69. The Morgan fingerprint density at radius 3 is 2.39 bits per heavy atom. The molecule has 1 amide bonds. The molecule has 0 saturated heterocycles. The van der Waals surface area contributed by atoms with Crippen molar-refractivity contribution in [2.45, 2.75) is 38.0 Å². The highest BCUT2D eigenvalue weighted by Crippen LogP contribution is 2.50. The highest BCUT2D eigenvalue weighted by Gasteiger charge is 2.41. The maximum absolute atomic E-state index is 12.8. The van der Waals surface area contributed by atoms with Crippen molar-refractivity contribution in [1.82, 2.24) is 4.72 Å². The van der Waals surface area contributed by atoms with Crippen LogP contribution in [0.3, 0.4) is 0 Å². The lowest BCUT2D eigenvalue weighted by Crippen LogP contribution is -2.33. The first-order valence-electron chi connectivity index (χ1n) is 10.3. The van der Waals surface area contributed by atoms with E-state index in [0.717, 1.165) is 33.3 Å². The van der Waals surface area contributed by atoms with E-state index in [1.807, 2.05) is 26.0 Å². The van der Waals surface area contributed by atoms with Crippen LogP contribution in [0.15, 0.2) is 77.3 Å². The SMILES string of the molecule is CCN1/C(=C\C(=O)NS(=O)(=O)c2ccc(C)cc2)C(C)(C)c2ccc3ccccc3c21. The molecule has 3 aromatic rings. The number of hydrogen-bond acceptors (Lipinski definition) is 4. The number of nitrogens with one attached hydrogen (secondary N) is 1. The summed E-state index contributed by atoms with van der Waals surface area (Å²) in [6.07, 6.45) is 1.42. The molecule has 0 radical (unpaired) electrons. The first-order chi connectivity index (χ1) is 14.6. The number of aryl methyl sites for hydroxylation is 1. The maximum atomic E-state index is 12.8. The minimum atomic E-state index is -3.94. The van der Waals surface area contributed by atoms with Crippen LogP contribution in [-0.4, -0.2) is 20.9 Å². The van der Waals surface area contributed by atoms with Crippen molar-refractivity contribution < 1.29 is 13.2 Å². The zero-order valence-electron chi connectivity index (χ0n) is 18.1. The molecule has 5 nitrogen and oxygen atoms in total. The molecule has 1 heterocycles. The van der Waals surface area contributed by atoms with E-state index in [1.54, 1.807) is 12.1 Å². The molecule has 0 bridgehead atoms. The number of hydrogen-bond donors (Lipinski definition) is 1. The number of rotatable bonds is 4. The maximum Gasteiger partial charge on any atom is 0.264 e. The Hall–Kier alpha value is -3.12. The van der Waals surface area contributed by atoms with E-state index < -0.39 is 21.3 Å². The molecule has 6 heteroatoms. The molecule has 0 atom stereocenters. The van der Waals surface area contributed by atoms with Gasteiger partial charge in [0.25, 0.3) is 15.9 Å². The van der Waals surface area contributed by atoms with Crippen LogP contribution < -0.4 is 9.62 Å². The minimum absolute atomic E-state index is 0.0668. The molecule has 1 aliphatic rings. The Morgan fingerprint density at radius 1 is 1.03 bits per heavy atom. The van der Waals surface area contributed by atoms with E-state index in [1.165, 1.54) is 18.2 Å². The van der Waals surface area contributed by atoms with E-state index in [-0.39, 0.29) is 4.90 Å². The van der Waals surface area contributed by atoms with Crippen LogP contribution in [0.4, 0.5) is 5.69 Å². The number of carbonyl (C=O) groups excluding carboxylic acids is 1. The van der Waals surface area contributed by atoms with Gasteiger partial charge in [0.05, 0.1) is 10.6 Å². The molecule has 31 heavy (non-hydrogen) atoms. The molecular weight excluding hydrogens is 408 g/mol. The number of likely N-dealkylation sites (N-methyl/N-ethyl adjacent to an activating group) is 1. The quantitative estimate of drug-likeness (QED) is 0.607. The molecule has 0 fully saturated rings. The van der Waals surface area contributed by atoms with Gasteiger partial charge in [0.2, 0.25) is 0 Å². The molecular formula is C25H26N2O3S. The second kappa shape index (κ2) is 7.54. The Kier molecular flexibility index (Phi) is 5.13. The van der Waals surface area contributed by atoms with E-state index in [9.17, 15) is 13.2 Å². The van der Waals surface area contributed by atoms with Crippen molar-refractivity contribution in [2.75, 3.05) is 11.4 Å². The lowest BCUT2D eigenvalue weighted by atomic mass is 9.83. The fraction of sp³-hybridized carbons (Fsp3) is 0.240. The van der Waals surface area contributed by atoms with Crippen molar-refractivity contribution in [3.8, 4) is 0 Å². The minimum Gasteiger partial charge on any atom is -0.344 e. The predicted octanol–water partition coefficient (Wildman–Crippen LogP) is 4.65. The summed E-state index contributed by atoms with van der Waals surface area (Å²) in [5.41, 5.74) is 3.47. The summed E-state index contributed by atoms with van der Waals surface area (Å²) in [6, 6.07) is 18.8. The third-order valence-corrected chi connectivity index (χ3v) is 7.29. The number of sulfonamides is 1. The number of nitrogens with zero attached hydrogens (tertiary/aromatic N) is 1. The van der Waals surface area contributed by atoms with Crippen molar-refractivity contribution in [3.63, 3.8) is 0 Å². The van der Waals surface area contributed by atoms with Crippen LogP contribution in [0, 0.1) is 6.92 Å². The van der Waals surface area contributed by atoms with Crippen LogP contribution in [0.25, 0.3) is 10.8 Å². The Balaban J connectivity index is 1.73. The smallest absolute Gasteiger partial charge is 0.264 e. The number of anilines is 1. The molecule has 0 unspecified atom stereocenters. The highest BCUT2D eigenvalue weighted by atomic mass is 32.2. The van der Waals surface area contributed by atoms with E-state index in [4.69, 9.17) is 0 Å². The second-order valence-corrected chi connectivity index (χ2v) is 10.0. The molecule has 160 valence electrons. The van der Waals surface area contributed by atoms with Gasteiger partial charge < -0.3 is 4.90 Å². The van der Waals surface area contributed by atoms with Crippen LogP contribution >= 0.6 is 0 Å². The number of allylic oxidation sites excluding steroid dienone is 1. The standard InChI is InChI=1S/C25H26N2O3S/c1-5-27-22(16-23(28)26-31(29,30)19-13-10-17(2)11-14-19)25(3,4)21-15-12-18-8-6-7-9-20(18)24(21)27/h6-16H,5H2,1-4H3,(H,26,28)/b22-16-. The van der Waals surface area contributed by atoms with Gasteiger partial charge in [-0.3, -0.25) is 4.79 Å². The van der Waals surface area contributed by atoms with Crippen LogP contribution in [0.2, 0.25) is 0 Å². The lowest BCUT2D eigenvalue weighted by molar-refractivity contribution is -0.114. The third-order valence-electron chi connectivity index (χ3n) is 5.93. The Labute approximate surface area is 183 Å². The zero-order valence-corrected chi connectivity index (χ0v) is 19.0. The van der Waals surface area contributed by atoms with Crippen LogP contribution in [0.1, 0.15) is 31.9 Å². The van der Waals surface area contributed by atoms with Gasteiger partial charge in [0.15, 0.2) is 0 Å². The average Bonchev–Trinajstić information content (AvgIpc) is 2.94. The summed E-state index contributed by atoms with van der Waals surface area (Å²) in [5.74, 6) is -0.654. The summed E-state index contributed by atoms with van der Waals surface area (Å²) in [4.78, 5) is 15.0. The number of carbonyl (C=O) groups is 1. The monoisotopic (exact) mass is 434 g/mol. The van der Waals surface area contributed by atoms with Crippen molar-refractivity contribution in [3.05, 3.63) is 83.6 Å². The van der Waals surface area contributed by atoms with Crippen molar-refractivity contribution in [2.24, 2.45) is 0 Å². The van der Waals surface area contributed by atoms with E-state index in [0.29, 0.717) is 6.54 Å². The topological polar surface area (TPSA) is 66.5 Å².